The van der Waals surface area contributed by atoms with Crippen LogP contribution < -0.4 is 5.73 Å². The van der Waals surface area contributed by atoms with Gasteiger partial charge < -0.3 is 10.3 Å². The second-order valence-electron chi connectivity index (χ2n) is 4.98. The molecule has 1 aromatic heterocycles. The number of nitrogens with zero attached hydrogens (tertiary/aromatic N) is 2. The van der Waals surface area contributed by atoms with Crippen LogP contribution in [0, 0.1) is 5.82 Å². The summed E-state index contributed by atoms with van der Waals surface area (Å²) in [5.74, 6) is 0.0760. The van der Waals surface area contributed by atoms with Crippen molar-refractivity contribution in [2.45, 2.75) is 19.9 Å². The maximum absolute atomic E-state index is 13.7. The molecule has 1 heterocycles. The van der Waals surface area contributed by atoms with E-state index in [2.05, 4.69) is 52.1 Å². The van der Waals surface area contributed by atoms with Crippen LogP contribution in [0.4, 0.5) is 10.3 Å². The average Bonchev–Trinajstić information content (AvgIpc) is 2.76. The van der Waals surface area contributed by atoms with Gasteiger partial charge in [-0.1, -0.05) is 31.2 Å². The fourth-order valence-corrected chi connectivity index (χ4v) is 2.70. The van der Waals surface area contributed by atoms with Crippen molar-refractivity contribution < 1.29 is 4.39 Å². The molecular formula is C16H15BrFN3. The third kappa shape index (κ3) is 2.65. The van der Waals surface area contributed by atoms with Gasteiger partial charge >= 0.3 is 0 Å². The quantitative estimate of drug-likeness (QED) is 0.773. The SMILES string of the molecule is CCc1ccc(Cn2c(N)nc3cc(Br)c(F)cc32)cc1. The smallest absolute Gasteiger partial charge is 0.201 e. The molecule has 21 heavy (non-hydrogen) atoms. The highest BCUT2D eigenvalue weighted by Crippen LogP contribution is 2.25. The third-order valence-corrected chi connectivity index (χ3v) is 4.20. The number of rotatable bonds is 3. The lowest BCUT2D eigenvalue weighted by molar-refractivity contribution is 0.622. The van der Waals surface area contributed by atoms with E-state index in [4.69, 9.17) is 5.73 Å². The molecule has 2 aromatic carbocycles. The van der Waals surface area contributed by atoms with Gasteiger partial charge in [0, 0.05) is 6.07 Å². The summed E-state index contributed by atoms with van der Waals surface area (Å²) in [6, 6.07) is 11.4. The van der Waals surface area contributed by atoms with E-state index in [1.807, 2.05) is 4.57 Å². The highest BCUT2D eigenvalue weighted by molar-refractivity contribution is 9.10. The molecule has 0 unspecified atom stereocenters. The number of nitrogen functional groups attached to an aromatic ring is 1. The number of fused-ring (bicyclic) bond motifs is 1. The molecule has 0 aliphatic carbocycles. The summed E-state index contributed by atoms with van der Waals surface area (Å²) in [4.78, 5) is 4.29. The molecule has 0 atom stereocenters. The normalized spacial score (nSPS) is 11.2. The summed E-state index contributed by atoms with van der Waals surface area (Å²) in [6.07, 6.45) is 1.01. The molecule has 0 saturated heterocycles. The molecular weight excluding hydrogens is 333 g/mol. The van der Waals surface area contributed by atoms with Gasteiger partial charge in [0.05, 0.1) is 22.1 Å². The molecule has 0 bridgehead atoms. The van der Waals surface area contributed by atoms with E-state index in [-0.39, 0.29) is 5.82 Å². The van der Waals surface area contributed by atoms with Gasteiger partial charge in [0.15, 0.2) is 0 Å². The lowest BCUT2D eigenvalue weighted by Gasteiger charge is -2.08. The predicted molar refractivity (Wildman–Crippen MR) is 86.7 cm³/mol. The maximum atomic E-state index is 13.7. The minimum Gasteiger partial charge on any atom is -0.369 e. The first kappa shape index (κ1) is 14.1. The first-order valence-electron chi connectivity index (χ1n) is 6.77. The maximum Gasteiger partial charge on any atom is 0.201 e. The monoisotopic (exact) mass is 347 g/mol. The van der Waals surface area contributed by atoms with E-state index >= 15 is 0 Å². The van der Waals surface area contributed by atoms with Crippen molar-refractivity contribution in [1.29, 1.82) is 0 Å². The molecule has 0 saturated carbocycles. The number of hydrogen-bond acceptors (Lipinski definition) is 2. The van der Waals surface area contributed by atoms with Gasteiger partial charge in [-0.05, 0) is 39.5 Å². The Balaban J connectivity index is 2.03. The Morgan fingerprint density at radius 3 is 2.52 bits per heavy atom. The highest BCUT2D eigenvalue weighted by atomic mass is 79.9. The molecule has 0 fully saturated rings. The number of aryl methyl sites for hydroxylation is 1. The number of anilines is 1. The molecule has 3 rings (SSSR count). The van der Waals surface area contributed by atoms with Crippen molar-refractivity contribution in [2.75, 3.05) is 5.73 Å². The van der Waals surface area contributed by atoms with Gasteiger partial charge in [0.2, 0.25) is 5.95 Å². The zero-order valence-electron chi connectivity index (χ0n) is 11.6. The van der Waals surface area contributed by atoms with E-state index in [0.29, 0.717) is 28.0 Å². The Morgan fingerprint density at radius 2 is 1.86 bits per heavy atom. The Labute approximate surface area is 130 Å². The summed E-state index contributed by atoms with van der Waals surface area (Å²) in [7, 11) is 0. The number of halogens is 2. The zero-order chi connectivity index (χ0) is 15.0. The van der Waals surface area contributed by atoms with Crippen molar-refractivity contribution in [2.24, 2.45) is 0 Å². The van der Waals surface area contributed by atoms with Gasteiger partial charge in [-0.15, -0.1) is 0 Å². The van der Waals surface area contributed by atoms with Crippen molar-refractivity contribution in [1.82, 2.24) is 9.55 Å². The fourth-order valence-electron chi connectivity index (χ4n) is 2.37. The number of benzene rings is 2. The fraction of sp³-hybridized carbons (Fsp3) is 0.188. The average molecular weight is 348 g/mol. The van der Waals surface area contributed by atoms with Gasteiger partial charge in [0.25, 0.3) is 0 Å². The lowest BCUT2D eigenvalue weighted by Crippen LogP contribution is -2.04. The molecule has 0 aliphatic rings. The Morgan fingerprint density at radius 1 is 1.19 bits per heavy atom. The Hall–Kier alpha value is -1.88. The molecule has 0 aliphatic heterocycles. The van der Waals surface area contributed by atoms with Crippen molar-refractivity contribution in [3.63, 3.8) is 0 Å². The van der Waals surface area contributed by atoms with Crippen LogP contribution in [0.3, 0.4) is 0 Å². The number of imidazole rings is 1. The van der Waals surface area contributed by atoms with Crippen LogP contribution in [0.2, 0.25) is 0 Å². The Bertz CT molecular complexity index is 793. The molecule has 2 N–H and O–H groups in total. The van der Waals surface area contributed by atoms with Crippen LogP contribution in [-0.2, 0) is 13.0 Å². The summed E-state index contributed by atoms with van der Waals surface area (Å²) >= 11 is 3.17. The van der Waals surface area contributed by atoms with Crippen molar-refractivity contribution in [3.05, 3.63) is 57.8 Å². The molecule has 108 valence electrons. The molecule has 0 amide bonds. The minimum atomic E-state index is -0.315. The van der Waals surface area contributed by atoms with Gasteiger partial charge in [-0.3, -0.25) is 0 Å². The van der Waals surface area contributed by atoms with Crippen molar-refractivity contribution in [3.8, 4) is 0 Å². The molecule has 5 heteroatoms. The van der Waals surface area contributed by atoms with Gasteiger partial charge in [-0.2, -0.15) is 0 Å². The minimum absolute atomic E-state index is 0.315. The van der Waals surface area contributed by atoms with Crippen molar-refractivity contribution >= 4 is 32.9 Å². The van der Waals surface area contributed by atoms with Crippen LogP contribution in [0.15, 0.2) is 40.9 Å². The Kier molecular flexibility index (Phi) is 3.68. The summed E-state index contributed by atoms with van der Waals surface area (Å²) in [5.41, 5.74) is 9.76. The summed E-state index contributed by atoms with van der Waals surface area (Å²) in [6.45, 7) is 2.70. The predicted octanol–water partition coefficient (Wildman–Crippen LogP) is 4.13. The molecule has 3 aromatic rings. The number of hydrogen-bond donors (Lipinski definition) is 1. The number of nitrogens with two attached hydrogens (primary N) is 1. The van der Waals surface area contributed by atoms with Crippen LogP contribution in [0.5, 0.6) is 0 Å². The van der Waals surface area contributed by atoms with Gasteiger partial charge in [-0.25, -0.2) is 9.37 Å². The molecule has 0 spiro atoms. The van der Waals surface area contributed by atoms with E-state index in [0.717, 1.165) is 12.0 Å². The van der Waals surface area contributed by atoms with Crippen LogP contribution >= 0.6 is 15.9 Å². The summed E-state index contributed by atoms with van der Waals surface area (Å²) in [5, 5.41) is 0. The lowest BCUT2D eigenvalue weighted by atomic mass is 10.1. The molecule has 0 radical (unpaired) electrons. The van der Waals surface area contributed by atoms with Gasteiger partial charge in [0.1, 0.15) is 5.82 Å². The molecule has 3 nitrogen and oxygen atoms in total. The third-order valence-electron chi connectivity index (χ3n) is 3.59. The van der Waals surface area contributed by atoms with E-state index in [1.54, 1.807) is 6.07 Å². The van der Waals surface area contributed by atoms with E-state index in [9.17, 15) is 4.39 Å². The van der Waals surface area contributed by atoms with E-state index < -0.39 is 0 Å². The first-order chi connectivity index (χ1) is 10.1. The van der Waals surface area contributed by atoms with Crippen LogP contribution in [-0.4, -0.2) is 9.55 Å². The standard InChI is InChI=1S/C16H15BrFN3/c1-2-10-3-5-11(6-4-10)9-21-15-8-13(18)12(17)7-14(15)20-16(21)19/h3-8H,2,9H2,1H3,(H2,19,20). The first-order valence-corrected chi connectivity index (χ1v) is 7.56. The summed E-state index contributed by atoms with van der Waals surface area (Å²) < 4.78 is 16.0. The van der Waals surface area contributed by atoms with E-state index in [1.165, 1.54) is 11.6 Å². The highest BCUT2D eigenvalue weighted by Gasteiger charge is 2.12. The second kappa shape index (κ2) is 5.48. The number of aromatic nitrogens is 2. The van der Waals surface area contributed by atoms with Crippen LogP contribution in [0.25, 0.3) is 11.0 Å². The largest absolute Gasteiger partial charge is 0.369 e. The zero-order valence-corrected chi connectivity index (χ0v) is 13.2. The second-order valence-corrected chi connectivity index (χ2v) is 5.84. The van der Waals surface area contributed by atoms with Crippen LogP contribution in [0.1, 0.15) is 18.1 Å². The topological polar surface area (TPSA) is 43.8 Å².